The van der Waals surface area contributed by atoms with Gasteiger partial charge in [0.2, 0.25) is 0 Å². The van der Waals surface area contributed by atoms with Gasteiger partial charge in [0.15, 0.2) is 0 Å². The molecule has 2 aromatic heterocycles. The standard InChI is InChI=1S/2C12H9NO2S/c2*14-12(15)10-7-4-8-13-11(10)16-9-5-2-1-3-6-9/h2*1-8H,(H,14,15). The number of pyridine rings is 2. The predicted octanol–water partition coefficient (Wildman–Crippen LogP) is 5.86. The Morgan fingerprint density at radius 2 is 0.938 bits per heavy atom. The third-order valence-corrected chi connectivity index (χ3v) is 5.97. The van der Waals surface area contributed by atoms with Crippen molar-refractivity contribution in [2.45, 2.75) is 19.8 Å². The van der Waals surface area contributed by atoms with Crippen LogP contribution in [0.25, 0.3) is 0 Å². The highest BCUT2D eigenvalue weighted by atomic mass is 32.2. The number of aromatic nitrogens is 2. The van der Waals surface area contributed by atoms with Crippen molar-refractivity contribution in [3.63, 3.8) is 0 Å². The molecule has 2 N–H and O–H groups in total. The van der Waals surface area contributed by atoms with Gasteiger partial charge < -0.3 is 10.2 Å². The van der Waals surface area contributed by atoms with Gasteiger partial charge in [-0.05, 0) is 48.5 Å². The predicted molar refractivity (Wildman–Crippen MR) is 124 cm³/mol. The fourth-order valence-electron chi connectivity index (χ4n) is 2.47. The molecule has 8 heteroatoms. The zero-order chi connectivity index (χ0) is 22.8. The molecular weight excluding hydrogens is 444 g/mol. The summed E-state index contributed by atoms with van der Waals surface area (Å²) in [7, 11) is 0. The minimum atomic E-state index is -0.952. The largest absolute Gasteiger partial charge is 0.478 e. The van der Waals surface area contributed by atoms with Crippen molar-refractivity contribution in [2.24, 2.45) is 0 Å². The minimum absolute atomic E-state index is 0.233. The van der Waals surface area contributed by atoms with E-state index in [1.165, 1.54) is 23.5 Å². The molecule has 0 saturated heterocycles. The minimum Gasteiger partial charge on any atom is -0.478 e. The number of carboxylic acid groups (broad SMARTS) is 2. The number of hydrogen-bond donors (Lipinski definition) is 2. The van der Waals surface area contributed by atoms with Crippen LogP contribution in [-0.2, 0) is 0 Å². The summed E-state index contributed by atoms with van der Waals surface area (Å²) in [5.74, 6) is -1.90. The first-order valence-corrected chi connectivity index (χ1v) is 11.0. The summed E-state index contributed by atoms with van der Waals surface area (Å²) < 4.78 is 0. The van der Waals surface area contributed by atoms with Crippen molar-refractivity contribution < 1.29 is 19.8 Å². The lowest BCUT2D eigenvalue weighted by molar-refractivity contribution is 0.0681. The summed E-state index contributed by atoms with van der Waals surface area (Å²) in [5.41, 5.74) is 0.465. The van der Waals surface area contributed by atoms with Crippen LogP contribution in [-0.4, -0.2) is 32.1 Å². The Kier molecular flexibility index (Phi) is 8.42. The molecule has 0 saturated carbocycles. The summed E-state index contributed by atoms with van der Waals surface area (Å²) >= 11 is 2.70. The van der Waals surface area contributed by atoms with E-state index in [-0.39, 0.29) is 11.1 Å². The summed E-state index contributed by atoms with van der Waals surface area (Å²) in [4.78, 5) is 32.0. The van der Waals surface area contributed by atoms with Gasteiger partial charge in [-0.1, -0.05) is 59.9 Å². The molecule has 0 fully saturated rings. The second kappa shape index (κ2) is 11.7. The SMILES string of the molecule is O=C(O)c1cccnc1Sc1ccccc1.O=C(O)c1cccnc1Sc1ccccc1. The van der Waals surface area contributed by atoms with E-state index in [2.05, 4.69) is 9.97 Å². The summed E-state index contributed by atoms with van der Waals surface area (Å²) in [6.07, 6.45) is 3.19. The molecular formula is C24H18N2O4S2. The molecule has 0 aliphatic carbocycles. The Bertz CT molecular complexity index is 1090. The number of hydrogen-bond acceptors (Lipinski definition) is 6. The molecule has 4 rings (SSSR count). The molecule has 160 valence electrons. The molecule has 0 radical (unpaired) electrons. The molecule has 32 heavy (non-hydrogen) atoms. The van der Waals surface area contributed by atoms with E-state index in [0.717, 1.165) is 9.79 Å². The fourth-order valence-corrected chi connectivity index (χ4v) is 4.26. The Labute approximate surface area is 193 Å². The molecule has 0 spiro atoms. The van der Waals surface area contributed by atoms with Crippen LogP contribution in [0.3, 0.4) is 0 Å². The van der Waals surface area contributed by atoms with E-state index < -0.39 is 11.9 Å². The molecule has 2 aromatic carbocycles. The van der Waals surface area contributed by atoms with Gasteiger partial charge in [0.25, 0.3) is 0 Å². The van der Waals surface area contributed by atoms with Crippen LogP contribution in [0.1, 0.15) is 20.7 Å². The van der Waals surface area contributed by atoms with E-state index in [1.54, 1.807) is 36.7 Å². The Hall–Kier alpha value is -3.62. The van der Waals surface area contributed by atoms with Crippen molar-refractivity contribution in [2.75, 3.05) is 0 Å². The van der Waals surface area contributed by atoms with Crippen molar-refractivity contribution in [3.8, 4) is 0 Å². The highest BCUT2D eigenvalue weighted by Crippen LogP contribution is 2.29. The summed E-state index contributed by atoms with van der Waals surface area (Å²) in [6.45, 7) is 0. The average Bonchev–Trinajstić information content (AvgIpc) is 2.81. The Balaban J connectivity index is 0.000000181. The van der Waals surface area contributed by atoms with Crippen molar-refractivity contribution in [1.29, 1.82) is 0 Å². The van der Waals surface area contributed by atoms with Gasteiger partial charge in [-0.2, -0.15) is 0 Å². The first-order valence-electron chi connectivity index (χ1n) is 9.37. The van der Waals surface area contributed by atoms with Crippen LogP contribution in [0.4, 0.5) is 0 Å². The molecule has 0 aliphatic heterocycles. The number of carboxylic acids is 2. The van der Waals surface area contributed by atoms with Crippen LogP contribution in [0, 0.1) is 0 Å². The van der Waals surface area contributed by atoms with E-state index in [4.69, 9.17) is 10.2 Å². The first-order chi connectivity index (χ1) is 15.5. The third kappa shape index (κ3) is 6.69. The lowest BCUT2D eigenvalue weighted by Gasteiger charge is -2.03. The Morgan fingerprint density at radius 3 is 1.28 bits per heavy atom. The lowest BCUT2D eigenvalue weighted by Crippen LogP contribution is -1.99. The quantitative estimate of drug-likeness (QED) is 0.367. The van der Waals surface area contributed by atoms with Crippen molar-refractivity contribution in [3.05, 3.63) is 108 Å². The molecule has 6 nitrogen and oxygen atoms in total. The zero-order valence-electron chi connectivity index (χ0n) is 16.7. The van der Waals surface area contributed by atoms with E-state index in [0.29, 0.717) is 10.1 Å². The second-order valence-electron chi connectivity index (χ2n) is 6.15. The van der Waals surface area contributed by atoms with Gasteiger partial charge in [-0.15, -0.1) is 0 Å². The maximum absolute atomic E-state index is 11.0. The van der Waals surface area contributed by atoms with Crippen LogP contribution in [0.15, 0.2) is 117 Å². The lowest BCUT2D eigenvalue weighted by atomic mass is 10.3. The number of aromatic carboxylic acids is 2. The Morgan fingerprint density at radius 1 is 0.562 bits per heavy atom. The van der Waals surface area contributed by atoms with Crippen LogP contribution >= 0.6 is 23.5 Å². The third-order valence-electron chi connectivity index (χ3n) is 3.92. The molecule has 0 aliphatic rings. The molecule has 0 unspecified atom stereocenters. The van der Waals surface area contributed by atoms with Gasteiger partial charge in [-0.3, -0.25) is 0 Å². The number of nitrogens with zero attached hydrogens (tertiary/aromatic N) is 2. The monoisotopic (exact) mass is 462 g/mol. The van der Waals surface area contributed by atoms with Gasteiger partial charge in [0, 0.05) is 22.2 Å². The van der Waals surface area contributed by atoms with E-state index >= 15 is 0 Å². The molecule has 2 heterocycles. The smallest absolute Gasteiger partial charge is 0.338 e. The maximum Gasteiger partial charge on any atom is 0.338 e. The molecule has 4 aromatic rings. The fraction of sp³-hybridized carbons (Fsp3) is 0. The first kappa shape index (κ1) is 23.1. The van der Waals surface area contributed by atoms with Gasteiger partial charge in [0.1, 0.15) is 10.1 Å². The topological polar surface area (TPSA) is 100 Å². The van der Waals surface area contributed by atoms with Crippen LogP contribution in [0.2, 0.25) is 0 Å². The van der Waals surface area contributed by atoms with Crippen LogP contribution < -0.4 is 0 Å². The highest BCUT2D eigenvalue weighted by Gasteiger charge is 2.12. The van der Waals surface area contributed by atoms with Crippen molar-refractivity contribution in [1.82, 2.24) is 9.97 Å². The van der Waals surface area contributed by atoms with Gasteiger partial charge >= 0.3 is 11.9 Å². The summed E-state index contributed by atoms with van der Waals surface area (Å²) in [5, 5.41) is 19.0. The molecule has 0 atom stereocenters. The number of rotatable bonds is 6. The van der Waals surface area contributed by atoms with E-state index in [9.17, 15) is 9.59 Å². The molecule has 0 bridgehead atoms. The van der Waals surface area contributed by atoms with Crippen LogP contribution in [0.5, 0.6) is 0 Å². The second-order valence-corrected chi connectivity index (χ2v) is 8.28. The van der Waals surface area contributed by atoms with E-state index in [1.807, 2.05) is 60.7 Å². The average molecular weight is 463 g/mol. The van der Waals surface area contributed by atoms with Gasteiger partial charge in [0.05, 0.1) is 11.1 Å². The normalized spacial score (nSPS) is 10.0. The van der Waals surface area contributed by atoms with Gasteiger partial charge in [-0.25, -0.2) is 19.6 Å². The summed E-state index contributed by atoms with van der Waals surface area (Å²) in [6, 6.07) is 25.5. The number of carbonyl (C=O) groups is 2. The zero-order valence-corrected chi connectivity index (χ0v) is 18.3. The number of benzene rings is 2. The highest BCUT2D eigenvalue weighted by molar-refractivity contribution is 7.99. The van der Waals surface area contributed by atoms with Crippen molar-refractivity contribution >= 4 is 35.5 Å². The maximum atomic E-state index is 11.0. The molecule has 0 amide bonds.